The molecular weight excluding hydrogens is 426 g/mol. The van der Waals surface area contributed by atoms with Gasteiger partial charge >= 0.3 is 6.61 Å². The zero-order chi connectivity index (χ0) is 22.2. The van der Waals surface area contributed by atoms with E-state index in [-0.39, 0.29) is 23.3 Å². The molecule has 0 aliphatic heterocycles. The number of hydrogen-bond acceptors (Lipinski definition) is 5. The Morgan fingerprint density at radius 2 is 1.84 bits per heavy atom. The van der Waals surface area contributed by atoms with Crippen LogP contribution in [0.25, 0.3) is 0 Å². The van der Waals surface area contributed by atoms with Gasteiger partial charge in [0.25, 0.3) is 11.8 Å². The van der Waals surface area contributed by atoms with Gasteiger partial charge in [-0.05, 0) is 47.7 Å². The number of alkyl halides is 2. The first kappa shape index (κ1) is 22.2. The van der Waals surface area contributed by atoms with Gasteiger partial charge in [-0.1, -0.05) is 24.3 Å². The highest BCUT2D eigenvalue weighted by Gasteiger charge is 2.15. The van der Waals surface area contributed by atoms with Crippen molar-refractivity contribution in [3.05, 3.63) is 76.0 Å². The zero-order valence-corrected chi connectivity index (χ0v) is 17.4. The van der Waals surface area contributed by atoms with Gasteiger partial charge in [0.15, 0.2) is 11.5 Å². The molecule has 0 aliphatic carbocycles. The summed E-state index contributed by atoms with van der Waals surface area (Å²) in [7, 11) is 1.36. The molecule has 3 rings (SSSR count). The van der Waals surface area contributed by atoms with Crippen molar-refractivity contribution < 1.29 is 27.8 Å². The molecule has 0 saturated heterocycles. The van der Waals surface area contributed by atoms with Crippen molar-refractivity contribution in [3.63, 3.8) is 0 Å². The molecule has 9 heteroatoms. The van der Waals surface area contributed by atoms with Gasteiger partial charge in [-0.2, -0.15) is 8.78 Å². The average Bonchev–Trinajstić information content (AvgIpc) is 3.30. The highest BCUT2D eigenvalue weighted by molar-refractivity contribution is 7.12. The predicted molar refractivity (Wildman–Crippen MR) is 114 cm³/mol. The van der Waals surface area contributed by atoms with Gasteiger partial charge in [0.05, 0.1) is 23.2 Å². The summed E-state index contributed by atoms with van der Waals surface area (Å²) < 4.78 is 34.3. The lowest BCUT2D eigenvalue weighted by atomic mass is 10.1. The molecule has 0 spiro atoms. The number of para-hydroxylation sites is 1. The Labute approximate surface area is 181 Å². The van der Waals surface area contributed by atoms with E-state index >= 15 is 0 Å². The fourth-order valence-electron chi connectivity index (χ4n) is 2.86. The minimum absolute atomic E-state index is 0.0549. The first-order chi connectivity index (χ1) is 15.0. The molecule has 1 heterocycles. The van der Waals surface area contributed by atoms with E-state index in [1.165, 1.54) is 24.5 Å². The van der Waals surface area contributed by atoms with E-state index in [1.807, 2.05) is 0 Å². The summed E-state index contributed by atoms with van der Waals surface area (Å²) in [5.41, 5.74) is 1.53. The van der Waals surface area contributed by atoms with Gasteiger partial charge in [-0.25, -0.2) is 0 Å². The number of anilines is 1. The van der Waals surface area contributed by atoms with Crippen LogP contribution in [0.4, 0.5) is 14.5 Å². The third-order valence-corrected chi connectivity index (χ3v) is 5.18. The van der Waals surface area contributed by atoms with E-state index in [0.29, 0.717) is 29.1 Å². The van der Waals surface area contributed by atoms with Crippen molar-refractivity contribution >= 4 is 28.8 Å². The molecule has 0 aliphatic rings. The third-order valence-electron chi connectivity index (χ3n) is 4.31. The van der Waals surface area contributed by atoms with Gasteiger partial charge in [-0.3, -0.25) is 9.59 Å². The number of ether oxygens (including phenoxy) is 2. The summed E-state index contributed by atoms with van der Waals surface area (Å²) >= 11 is 1.31. The van der Waals surface area contributed by atoms with Crippen molar-refractivity contribution in [2.24, 2.45) is 0 Å². The number of methoxy groups -OCH3 is 1. The van der Waals surface area contributed by atoms with Crippen LogP contribution in [0.1, 0.15) is 25.6 Å². The largest absolute Gasteiger partial charge is 0.493 e. The van der Waals surface area contributed by atoms with Crippen LogP contribution in [-0.2, 0) is 6.42 Å². The van der Waals surface area contributed by atoms with Crippen molar-refractivity contribution in [1.82, 2.24) is 5.32 Å². The van der Waals surface area contributed by atoms with Crippen LogP contribution in [0, 0.1) is 0 Å². The molecule has 0 fully saturated rings. The van der Waals surface area contributed by atoms with Crippen LogP contribution < -0.4 is 20.1 Å². The number of carbonyl (C=O) groups excluding carboxylic acids is 2. The minimum atomic E-state index is -2.94. The van der Waals surface area contributed by atoms with Gasteiger partial charge in [0.1, 0.15) is 0 Å². The maximum atomic E-state index is 12.6. The Hall–Kier alpha value is -3.46. The fourth-order valence-corrected chi connectivity index (χ4v) is 3.48. The first-order valence-corrected chi connectivity index (χ1v) is 10.2. The van der Waals surface area contributed by atoms with E-state index < -0.39 is 6.61 Å². The van der Waals surface area contributed by atoms with Crippen molar-refractivity contribution in [2.75, 3.05) is 19.0 Å². The quantitative estimate of drug-likeness (QED) is 0.504. The maximum Gasteiger partial charge on any atom is 0.387 e. The van der Waals surface area contributed by atoms with E-state index in [4.69, 9.17) is 4.74 Å². The number of hydrogen-bond donors (Lipinski definition) is 2. The van der Waals surface area contributed by atoms with Crippen LogP contribution in [0.2, 0.25) is 0 Å². The van der Waals surface area contributed by atoms with Gasteiger partial charge < -0.3 is 20.1 Å². The molecule has 162 valence electrons. The summed E-state index contributed by atoms with van der Waals surface area (Å²) in [5, 5.41) is 7.36. The Bertz CT molecular complexity index is 1040. The smallest absolute Gasteiger partial charge is 0.387 e. The van der Waals surface area contributed by atoms with Crippen molar-refractivity contribution in [1.29, 1.82) is 0 Å². The second-order valence-electron chi connectivity index (χ2n) is 6.35. The summed E-state index contributed by atoms with van der Waals surface area (Å²) in [6, 6.07) is 14.8. The van der Waals surface area contributed by atoms with Crippen LogP contribution in [0.15, 0.2) is 60.0 Å². The second-order valence-corrected chi connectivity index (χ2v) is 7.29. The van der Waals surface area contributed by atoms with Gasteiger partial charge in [0.2, 0.25) is 0 Å². The van der Waals surface area contributed by atoms with Crippen LogP contribution in [0.3, 0.4) is 0 Å². The summed E-state index contributed by atoms with van der Waals surface area (Å²) in [6.45, 7) is -2.65. The highest BCUT2D eigenvalue weighted by Crippen LogP contribution is 2.29. The number of amides is 2. The number of rotatable bonds is 9. The number of carbonyl (C=O) groups is 2. The first-order valence-electron chi connectivity index (χ1n) is 9.31. The second kappa shape index (κ2) is 10.5. The summed E-state index contributed by atoms with van der Waals surface area (Å²) in [5.74, 6) is -0.494. The molecule has 0 radical (unpaired) electrons. The molecule has 2 amide bonds. The zero-order valence-electron chi connectivity index (χ0n) is 16.6. The number of nitrogens with one attached hydrogen (secondary N) is 2. The number of thiophene rings is 1. The number of benzene rings is 2. The average molecular weight is 446 g/mol. The van der Waals surface area contributed by atoms with E-state index in [2.05, 4.69) is 15.4 Å². The van der Waals surface area contributed by atoms with Crippen molar-refractivity contribution in [2.45, 2.75) is 13.0 Å². The standard InChI is InChI=1S/C22H20F2N2O4S/c1-29-18-13-14(8-9-17(18)30-22(23)24)10-11-25-20(27)15-5-2-3-6-16(15)26-21(28)19-7-4-12-31-19/h2-9,12-13,22H,10-11H2,1H3,(H,25,27)(H,26,28). The minimum Gasteiger partial charge on any atom is -0.493 e. The molecule has 0 atom stereocenters. The Morgan fingerprint density at radius 1 is 1.03 bits per heavy atom. The van der Waals surface area contributed by atoms with Crippen LogP contribution in [0.5, 0.6) is 11.5 Å². The summed E-state index contributed by atoms with van der Waals surface area (Å²) in [4.78, 5) is 25.5. The monoisotopic (exact) mass is 446 g/mol. The van der Waals surface area contributed by atoms with E-state index in [1.54, 1.807) is 53.9 Å². The molecule has 0 unspecified atom stereocenters. The molecule has 3 aromatic rings. The van der Waals surface area contributed by atoms with Gasteiger partial charge in [-0.15, -0.1) is 11.3 Å². The summed E-state index contributed by atoms with van der Waals surface area (Å²) in [6.07, 6.45) is 0.445. The van der Waals surface area contributed by atoms with E-state index in [0.717, 1.165) is 5.56 Å². The molecule has 2 aromatic carbocycles. The lowest BCUT2D eigenvalue weighted by molar-refractivity contribution is -0.0512. The Kier molecular flexibility index (Phi) is 7.55. The molecule has 0 saturated carbocycles. The number of halogens is 2. The molecular formula is C22H20F2N2O4S. The van der Waals surface area contributed by atoms with Crippen molar-refractivity contribution in [3.8, 4) is 11.5 Å². The molecule has 6 nitrogen and oxygen atoms in total. The fraction of sp³-hybridized carbons (Fsp3) is 0.182. The third kappa shape index (κ3) is 6.02. The SMILES string of the molecule is COc1cc(CCNC(=O)c2ccccc2NC(=O)c2cccs2)ccc1OC(F)F. The topological polar surface area (TPSA) is 76.7 Å². The molecule has 2 N–H and O–H groups in total. The normalized spacial score (nSPS) is 10.6. The van der Waals surface area contributed by atoms with Gasteiger partial charge in [0, 0.05) is 6.54 Å². The predicted octanol–water partition coefficient (Wildman–Crippen LogP) is 4.58. The van der Waals surface area contributed by atoms with Crippen LogP contribution >= 0.6 is 11.3 Å². The maximum absolute atomic E-state index is 12.6. The molecule has 1 aromatic heterocycles. The molecule has 31 heavy (non-hydrogen) atoms. The Balaban J connectivity index is 1.61. The lowest BCUT2D eigenvalue weighted by Crippen LogP contribution is -2.27. The highest BCUT2D eigenvalue weighted by atomic mass is 32.1. The Morgan fingerprint density at radius 3 is 2.55 bits per heavy atom. The van der Waals surface area contributed by atoms with Crippen LogP contribution in [-0.4, -0.2) is 32.1 Å². The van der Waals surface area contributed by atoms with E-state index in [9.17, 15) is 18.4 Å². The molecule has 0 bridgehead atoms. The lowest BCUT2D eigenvalue weighted by Gasteiger charge is -2.13.